The molecule has 3 rings (SSSR count). The van der Waals surface area contributed by atoms with Crippen molar-refractivity contribution in [2.45, 2.75) is 26.4 Å². The molecule has 0 aliphatic rings. The number of amides is 3. The molecule has 1 atom stereocenters. The highest BCUT2D eigenvalue weighted by Crippen LogP contribution is 2.29. The number of carbonyl (C=O) groups is 3. The van der Waals surface area contributed by atoms with E-state index in [0.29, 0.717) is 11.3 Å². The van der Waals surface area contributed by atoms with Crippen LogP contribution in [-0.2, 0) is 11.3 Å². The number of nitrogens with one attached hydrogen (secondary N) is 1. The summed E-state index contributed by atoms with van der Waals surface area (Å²) in [4.78, 5) is 39.2. The number of aromatic nitrogens is 1. The predicted molar refractivity (Wildman–Crippen MR) is 121 cm³/mol. The van der Waals surface area contributed by atoms with E-state index in [0.717, 1.165) is 17.1 Å². The van der Waals surface area contributed by atoms with Crippen LogP contribution >= 0.6 is 11.5 Å². The number of hydrogen-bond acceptors (Lipinski definition) is 6. The lowest BCUT2D eigenvalue weighted by molar-refractivity contribution is -0.122. The van der Waals surface area contributed by atoms with Gasteiger partial charge in [0.25, 0.3) is 11.8 Å². The number of anilines is 2. The fraction of sp³-hybridized carbons (Fsp3) is 0.182. The monoisotopic (exact) mass is 455 g/mol. The summed E-state index contributed by atoms with van der Waals surface area (Å²) in [7, 11) is 0. The van der Waals surface area contributed by atoms with Crippen LogP contribution in [0.15, 0.2) is 48.5 Å². The molecule has 8 nitrogen and oxygen atoms in total. The Labute approximate surface area is 188 Å². The van der Waals surface area contributed by atoms with Crippen LogP contribution in [-0.4, -0.2) is 28.1 Å². The smallest absolute Gasteiger partial charge is 0.272 e. The Hall–Kier alpha value is -3.79. The Balaban J connectivity index is 1.91. The first kappa shape index (κ1) is 22.9. The molecule has 0 aliphatic heterocycles. The molecule has 0 spiro atoms. The third-order valence-corrected chi connectivity index (χ3v) is 5.75. The second-order valence-electron chi connectivity index (χ2n) is 7.12. The van der Waals surface area contributed by atoms with E-state index in [2.05, 4.69) is 9.69 Å². The van der Waals surface area contributed by atoms with Gasteiger partial charge in [-0.15, -0.1) is 0 Å². The number of nitrogen functional groups attached to an aromatic ring is 1. The number of hydrogen-bond donors (Lipinski definition) is 3. The molecule has 1 heterocycles. The lowest BCUT2D eigenvalue weighted by atomic mass is 10.1. The second-order valence-corrected chi connectivity index (χ2v) is 7.89. The normalized spacial score (nSPS) is 11.6. The molecule has 0 aliphatic carbocycles. The van der Waals surface area contributed by atoms with Crippen molar-refractivity contribution >= 4 is 40.6 Å². The fourth-order valence-electron chi connectivity index (χ4n) is 3.12. The van der Waals surface area contributed by atoms with Gasteiger partial charge >= 0.3 is 0 Å². The van der Waals surface area contributed by atoms with Crippen molar-refractivity contribution in [1.29, 1.82) is 0 Å². The summed E-state index contributed by atoms with van der Waals surface area (Å²) in [5, 5.41) is 2.76. The predicted octanol–water partition coefficient (Wildman–Crippen LogP) is 2.62. The van der Waals surface area contributed by atoms with Crippen LogP contribution in [0.1, 0.15) is 38.2 Å². The van der Waals surface area contributed by atoms with Crippen LogP contribution in [0.5, 0.6) is 0 Å². The fourth-order valence-corrected chi connectivity index (χ4v) is 3.86. The van der Waals surface area contributed by atoms with Crippen LogP contribution in [0, 0.1) is 12.7 Å². The van der Waals surface area contributed by atoms with Gasteiger partial charge in [-0.05, 0) is 54.7 Å². The third-order valence-electron chi connectivity index (χ3n) is 4.90. The Morgan fingerprint density at radius 2 is 1.81 bits per heavy atom. The Kier molecular flexibility index (Phi) is 6.84. The van der Waals surface area contributed by atoms with Crippen LogP contribution < -0.4 is 21.7 Å². The van der Waals surface area contributed by atoms with E-state index < -0.39 is 23.8 Å². The molecule has 10 heteroatoms. The molecular formula is C22H22FN5O3S. The third kappa shape index (κ3) is 4.75. The molecule has 0 radical (unpaired) electrons. The van der Waals surface area contributed by atoms with Crippen molar-refractivity contribution in [2.75, 3.05) is 10.6 Å². The minimum atomic E-state index is -0.928. The summed E-state index contributed by atoms with van der Waals surface area (Å²) in [5.74, 6) is -2.22. The zero-order valence-electron chi connectivity index (χ0n) is 17.5. The maximum absolute atomic E-state index is 13.5. The standard InChI is InChI=1S/C22H22FN5O3S/c1-12-5-3-4-6-16(12)28(22(31)19-17(24)18(20(25)29)27-32-19)13(2)21(30)26-11-14-7-9-15(23)10-8-14/h3-10,13H,11,24H2,1-2H3,(H2,25,29)(H,26,30)/t13-/m0/s1. The van der Waals surface area contributed by atoms with Gasteiger partial charge in [0.2, 0.25) is 5.91 Å². The van der Waals surface area contributed by atoms with E-state index in [1.165, 1.54) is 17.0 Å². The van der Waals surface area contributed by atoms with Gasteiger partial charge in [-0.25, -0.2) is 4.39 Å². The first-order chi connectivity index (χ1) is 15.2. The maximum atomic E-state index is 13.5. The van der Waals surface area contributed by atoms with Gasteiger partial charge in [-0.1, -0.05) is 30.3 Å². The first-order valence-corrected chi connectivity index (χ1v) is 10.4. The van der Waals surface area contributed by atoms with E-state index in [4.69, 9.17) is 11.5 Å². The number of nitrogens with two attached hydrogens (primary N) is 2. The van der Waals surface area contributed by atoms with Crippen molar-refractivity contribution in [3.8, 4) is 0 Å². The topological polar surface area (TPSA) is 131 Å². The highest BCUT2D eigenvalue weighted by molar-refractivity contribution is 7.09. The molecule has 2 aromatic carbocycles. The number of primary amides is 1. The minimum absolute atomic E-state index is 0.0141. The lowest BCUT2D eigenvalue weighted by Crippen LogP contribution is -2.48. The number of carbonyl (C=O) groups excluding carboxylic acids is 3. The molecule has 0 bridgehead atoms. The van der Waals surface area contributed by atoms with E-state index in [1.54, 1.807) is 31.2 Å². The Morgan fingerprint density at radius 1 is 1.16 bits per heavy atom. The number of nitrogens with zero attached hydrogens (tertiary/aromatic N) is 2. The molecule has 1 aromatic heterocycles. The minimum Gasteiger partial charge on any atom is -0.395 e. The summed E-state index contributed by atoms with van der Waals surface area (Å²) in [6.07, 6.45) is 0. The summed E-state index contributed by atoms with van der Waals surface area (Å²) in [6, 6.07) is 11.9. The zero-order chi connectivity index (χ0) is 23.4. The van der Waals surface area contributed by atoms with Crippen molar-refractivity contribution in [3.63, 3.8) is 0 Å². The van der Waals surface area contributed by atoms with Gasteiger partial charge in [0.05, 0.1) is 5.69 Å². The SMILES string of the molecule is Cc1ccccc1N(C(=O)c1snc(C(N)=O)c1N)[C@@H](C)C(=O)NCc1ccc(F)cc1. The van der Waals surface area contributed by atoms with E-state index in [-0.39, 0.29) is 28.6 Å². The molecule has 0 saturated heterocycles. The van der Waals surface area contributed by atoms with Gasteiger partial charge in [-0.3, -0.25) is 19.3 Å². The van der Waals surface area contributed by atoms with Gasteiger partial charge < -0.3 is 16.8 Å². The molecule has 32 heavy (non-hydrogen) atoms. The van der Waals surface area contributed by atoms with Gasteiger partial charge in [0.1, 0.15) is 16.7 Å². The van der Waals surface area contributed by atoms with Crippen LogP contribution in [0.2, 0.25) is 0 Å². The molecule has 5 N–H and O–H groups in total. The zero-order valence-corrected chi connectivity index (χ0v) is 18.3. The molecule has 0 saturated carbocycles. The highest BCUT2D eigenvalue weighted by atomic mass is 32.1. The van der Waals surface area contributed by atoms with Crippen molar-refractivity contribution < 1.29 is 18.8 Å². The average Bonchev–Trinajstić information content (AvgIpc) is 3.16. The molecule has 166 valence electrons. The number of aryl methyl sites for hydroxylation is 1. The van der Waals surface area contributed by atoms with Gasteiger partial charge in [-0.2, -0.15) is 4.37 Å². The number of halogens is 1. The van der Waals surface area contributed by atoms with Crippen molar-refractivity contribution in [3.05, 3.63) is 76.0 Å². The Morgan fingerprint density at radius 3 is 2.41 bits per heavy atom. The maximum Gasteiger partial charge on any atom is 0.272 e. The molecule has 0 fully saturated rings. The van der Waals surface area contributed by atoms with E-state index in [9.17, 15) is 18.8 Å². The molecule has 0 unspecified atom stereocenters. The molecular weight excluding hydrogens is 433 g/mol. The molecule has 3 amide bonds. The van der Waals surface area contributed by atoms with E-state index >= 15 is 0 Å². The summed E-state index contributed by atoms with van der Waals surface area (Å²) in [6.45, 7) is 3.55. The highest BCUT2D eigenvalue weighted by Gasteiger charge is 2.32. The number of benzene rings is 2. The van der Waals surface area contributed by atoms with Crippen molar-refractivity contribution in [1.82, 2.24) is 9.69 Å². The van der Waals surface area contributed by atoms with Crippen molar-refractivity contribution in [2.24, 2.45) is 5.73 Å². The molecule has 3 aromatic rings. The summed E-state index contributed by atoms with van der Waals surface area (Å²) < 4.78 is 17.0. The van der Waals surface area contributed by atoms with Crippen LogP contribution in [0.4, 0.5) is 15.8 Å². The first-order valence-electron chi connectivity index (χ1n) is 9.67. The van der Waals surface area contributed by atoms with Gasteiger partial charge in [0, 0.05) is 12.2 Å². The largest absolute Gasteiger partial charge is 0.395 e. The quantitative estimate of drug-likeness (QED) is 0.504. The lowest BCUT2D eigenvalue weighted by Gasteiger charge is -2.29. The Bertz CT molecular complexity index is 1160. The number of rotatable bonds is 7. The van der Waals surface area contributed by atoms with Crippen LogP contribution in [0.3, 0.4) is 0 Å². The van der Waals surface area contributed by atoms with Crippen LogP contribution in [0.25, 0.3) is 0 Å². The second kappa shape index (κ2) is 9.56. The summed E-state index contributed by atoms with van der Waals surface area (Å²) in [5.41, 5.74) is 12.9. The number of para-hydroxylation sites is 1. The van der Waals surface area contributed by atoms with Gasteiger partial charge in [0.15, 0.2) is 5.69 Å². The average molecular weight is 456 g/mol. The summed E-state index contributed by atoms with van der Waals surface area (Å²) >= 11 is 0.748. The van der Waals surface area contributed by atoms with E-state index in [1.807, 2.05) is 19.1 Å².